The summed E-state index contributed by atoms with van der Waals surface area (Å²) in [6, 6.07) is 12.1. The predicted molar refractivity (Wildman–Crippen MR) is 94.8 cm³/mol. The zero-order valence-electron chi connectivity index (χ0n) is 14.5. The fraction of sp³-hybridized carbons (Fsp3) is 0.105. The van der Waals surface area contributed by atoms with Crippen LogP contribution in [-0.2, 0) is 6.18 Å². The maximum absolute atomic E-state index is 13.5. The minimum absolute atomic E-state index is 0.00443. The maximum atomic E-state index is 13.5. The number of nitrogens with zero attached hydrogens (tertiary/aromatic N) is 3. The van der Waals surface area contributed by atoms with Crippen LogP contribution in [0, 0.1) is 6.92 Å². The highest BCUT2D eigenvalue weighted by Gasteiger charge is 2.36. The number of carbonyl (C=O) groups excluding carboxylic acids is 1. The van der Waals surface area contributed by atoms with E-state index in [0.717, 1.165) is 11.6 Å². The summed E-state index contributed by atoms with van der Waals surface area (Å²) in [6.45, 7) is 1.90. The van der Waals surface area contributed by atoms with E-state index in [9.17, 15) is 18.0 Å². The number of hydrogen-bond donors (Lipinski definition) is 1. The van der Waals surface area contributed by atoms with E-state index in [1.54, 1.807) is 30.3 Å². The van der Waals surface area contributed by atoms with Crippen molar-refractivity contribution in [2.75, 3.05) is 5.32 Å². The number of aryl methyl sites for hydroxylation is 1. The van der Waals surface area contributed by atoms with E-state index < -0.39 is 17.8 Å². The molecule has 0 spiro atoms. The first-order valence-electron chi connectivity index (χ1n) is 8.21. The minimum atomic E-state index is -4.70. The van der Waals surface area contributed by atoms with Crippen molar-refractivity contribution < 1.29 is 22.4 Å². The van der Waals surface area contributed by atoms with Crippen molar-refractivity contribution in [3.05, 3.63) is 71.7 Å². The van der Waals surface area contributed by atoms with Gasteiger partial charge in [0.05, 0.1) is 6.26 Å². The van der Waals surface area contributed by atoms with Crippen LogP contribution in [0.15, 0.2) is 59.2 Å². The number of rotatable bonds is 3. The van der Waals surface area contributed by atoms with E-state index in [2.05, 4.69) is 15.4 Å². The van der Waals surface area contributed by atoms with Gasteiger partial charge < -0.3 is 9.73 Å². The molecule has 0 radical (unpaired) electrons. The van der Waals surface area contributed by atoms with E-state index >= 15 is 0 Å². The van der Waals surface area contributed by atoms with Crippen LogP contribution in [0.3, 0.4) is 0 Å². The summed E-state index contributed by atoms with van der Waals surface area (Å²) in [5.74, 6) is -0.457. The van der Waals surface area contributed by atoms with Gasteiger partial charge in [0.25, 0.3) is 5.91 Å². The van der Waals surface area contributed by atoms with Crippen LogP contribution < -0.4 is 5.32 Å². The summed E-state index contributed by atoms with van der Waals surface area (Å²) < 4.78 is 46.3. The first-order chi connectivity index (χ1) is 13.3. The lowest BCUT2D eigenvalue weighted by Crippen LogP contribution is -2.15. The molecule has 1 N–H and O–H groups in total. The van der Waals surface area contributed by atoms with Crippen molar-refractivity contribution >= 4 is 17.2 Å². The molecule has 0 saturated heterocycles. The van der Waals surface area contributed by atoms with Gasteiger partial charge in [-0.1, -0.05) is 17.7 Å². The van der Waals surface area contributed by atoms with Gasteiger partial charge in [-0.05, 0) is 37.3 Å². The molecule has 0 aliphatic heterocycles. The third-order valence-corrected chi connectivity index (χ3v) is 4.03. The SMILES string of the molecule is Cc1ccc(NC(=O)c2cc3nc(-c4ccco4)cc(C(F)(F)F)n3n2)cc1. The second-order valence-corrected chi connectivity index (χ2v) is 6.12. The lowest BCUT2D eigenvalue weighted by Gasteiger charge is -2.09. The number of furan rings is 1. The fourth-order valence-corrected chi connectivity index (χ4v) is 2.67. The summed E-state index contributed by atoms with van der Waals surface area (Å²) in [5, 5.41) is 6.41. The van der Waals surface area contributed by atoms with Gasteiger partial charge in [-0.15, -0.1) is 0 Å². The number of halogens is 3. The van der Waals surface area contributed by atoms with Crippen LogP contribution in [0.4, 0.5) is 18.9 Å². The highest BCUT2D eigenvalue weighted by atomic mass is 19.4. The quantitative estimate of drug-likeness (QED) is 0.560. The van der Waals surface area contributed by atoms with Crippen molar-refractivity contribution in [1.82, 2.24) is 14.6 Å². The highest BCUT2D eigenvalue weighted by molar-refractivity contribution is 6.03. The molecule has 0 fully saturated rings. The first-order valence-corrected chi connectivity index (χ1v) is 8.21. The maximum Gasteiger partial charge on any atom is 0.433 e. The molecule has 0 aliphatic rings. The lowest BCUT2D eigenvalue weighted by molar-refractivity contribution is -0.142. The molecule has 4 rings (SSSR count). The number of hydrogen-bond acceptors (Lipinski definition) is 4. The van der Waals surface area contributed by atoms with Crippen molar-refractivity contribution in [3.8, 4) is 11.5 Å². The van der Waals surface area contributed by atoms with Crippen LogP contribution in [0.2, 0.25) is 0 Å². The Morgan fingerprint density at radius 3 is 2.54 bits per heavy atom. The van der Waals surface area contributed by atoms with Gasteiger partial charge >= 0.3 is 6.18 Å². The molecule has 0 atom stereocenters. The van der Waals surface area contributed by atoms with Crippen LogP contribution in [-0.4, -0.2) is 20.5 Å². The molecular weight excluding hydrogens is 373 g/mol. The number of alkyl halides is 3. The first kappa shape index (κ1) is 17.8. The molecule has 1 amide bonds. The van der Waals surface area contributed by atoms with E-state index in [0.29, 0.717) is 10.2 Å². The molecule has 1 aromatic carbocycles. The van der Waals surface area contributed by atoms with Gasteiger partial charge in [-0.25, -0.2) is 9.50 Å². The number of benzene rings is 1. The Labute approximate surface area is 156 Å². The molecule has 9 heteroatoms. The normalized spacial score (nSPS) is 11.7. The standard InChI is InChI=1S/C19H13F3N4O2/c1-11-4-6-12(7-5-11)23-18(27)14-10-17-24-13(15-3-2-8-28-15)9-16(19(20,21)22)26(17)25-14/h2-10H,1H3,(H,23,27). The monoisotopic (exact) mass is 386 g/mol. The fourth-order valence-electron chi connectivity index (χ4n) is 2.67. The van der Waals surface area contributed by atoms with E-state index in [-0.39, 0.29) is 22.8 Å². The van der Waals surface area contributed by atoms with Crippen LogP contribution in [0.5, 0.6) is 0 Å². The molecule has 6 nitrogen and oxygen atoms in total. The summed E-state index contributed by atoms with van der Waals surface area (Å²) in [4.78, 5) is 16.6. The summed E-state index contributed by atoms with van der Waals surface area (Å²) in [6.07, 6.45) is -3.36. The third-order valence-electron chi connectivity index (χ3n) is 4.03. The van der Waals surface area contributed by atoms with Gasteiger partial charge in [0.1, 0.15) is 5.69 Å². The molecule has 3 heterocycles. The van der Waals surface area contributed by atoms with Crippen LogP contribution in [0.1, 0.15) is 21.7 Å². The zero-order chi connectivity index (χ0) is 19.9. The van der Waals surface area contributed by atoms with E-state index in [4.69, 9.17) is 4.42 Å². The number of amides is 1. The third kappa shape index (κ3) is 3.34. The Kier molecular flexibility index (Phi) is 4.14. The molecule has 4 aromatic rings. The minimum Gasteiger partial charge on any atom is -0.463 e. The van der Waals surface area contributed by atoms with E-state index in [1.165, 1.54) is 18.4 Å². The number of carbonyl (C=O) groups is 1. The number of aromatic nitrogens is 3. The molecule has 0 unspecified atom stereocenters. The Morgan fingerprint density at radius 1 is 1.14 bits per heavy atom. The Morgan fingerprint density at radius 2 is 1.89 bits per heavy atom. The van der Waals surface area contributed by atoms with Gasteiger partial charge in [-0.2, -0.15) is 18.3 Å². The number of fused-ring (bicyclic) bond motifs is 1. The second kappa shape index (κ2) is 6.52. The average Bonchev–Trinajstić information content (AvgIpc) is 3.31. The van der Waals surface area contributed by atoms with E-state index in [1.807, 2.05) is 6.92 Å². The summed E-state index contributed by atoms with van der Waals surface area (Å²) >= 11 is 0. The van der Waals surface area contributed by atoms with Gasteiger partial charge in [0, 0.05) is 11.8 Å². The number of anilines is 1. The molecule has 0 aliphatic carbocycles. The largest absolute Gasteiger partial charge is 0.463 e. The smallest absolute Gasteiger partial charge is 0.433 e. The molecule has 0 saturated carbocycles. The van der Waals surface area contributed by atoms with Gasteiger partial charge in [0.2, 0.25) is 0 Å². The average molecular weight is 386 g/mol. The van der Waals surface area contributed by atoms with Gasteiger partial charge in [0.15, 0.2) is 22.8 Å². The lowest BCUT2D eigenvalue weighted by atomic mass is 10.2. The highest BCUT2D eigenvalue weighted by Crippen LogP contribution is 2.32. The number of nitrogens with one attached hydrogen (secondary N) is 1. The zero-order valence-corrected chi connectivity index (χ0v) is 14.5. The Hall–Kier alpha value is -3.62. The second-order valence-electron chi connectivity index (χ2n) is 6.12. The summed E-state index contributed by atoms with van der Waals surface area (Å²) in [7, 11) is 0. The molecule has 3 aromatic heterocycles. The van der Waals surface area contributed by atoms with Crippen LogP contribution in [0.25, 0.3) is 17.1 Å². The Balaban J connectivity index is 1.77. The molecular formula is C19H13F3N4O2. The molecule has 28 heavy (non-hydrogen) atoms. The van der Waals surface area contributed by atoms with Crippen molar-refractivity contribution in [3.63, 3.8) is 0 Å². The van der Waals surface area contributed by atoms with Crippen molar-refractivity contribution in [2.45, 2.75) is 13.1 Å². The predicted octanol–water partition coefficient (Wildman–Crippen LogP) is 4.57. The van der Waals surface area contributed by atoms with Crippen LogP contribution >= 0.6 is 0 Å². The molecule has 0 bridgehead atoms. The topological polar surface area (TPSA) is 72.4 Å². The summed E-state index contributed by atoms with van der Waals surface area (Å²) in [5.41, 5.74) is 0.155. The van der Waals surface area contributed by atoms with Gasteiger partial charge in [-0.3, -0.25) is 4.79 Å². The molecule has 142 valence electrons. The van der Waals surface area contributed by atoms with Crippen molar-refractivity contribution in [1.29, 1.82) is 0 Å². The Bertz CT molecular complexity index is 1150. The van der Waals surface area contributed by atoms with Crippen molar-refractivity contribution in [2.24, 2.45) is 0 Å².